The van der Waals surface area contributed by atoms with Crippen molar-refractivity contribution < 1.29 is 14.3 Å². The number of carbonyl (C=O) groups is 1. The van der Waals surface area contributed by atoms with Gasteiger partial charge in [0.05, 0.1) is 24.8 Å². The SMILES string of the molecule is COc1ccc(C(=O)N/N=C\c2ccc(Cl)s2)cc1OC. The molecule has 0 radical (unpaired) electrons. The summed E-state index contributed by atoms with van der Waals surface area (Å²) in [6.07, 6.45) is 1.54. The van der Waals surface area contributed by atoms with Gasteiger partial charge in [-0.3, -0.25) is 4.79 Å². The van der Waals surface area contributed by atoms with Crippen molar-refractivity contribution in [3.05, 3.63) is 45.1 Å². The van der Waals surface area contributed by atoms with E-state index in [1.54, 1.807) is 24.3 Å². The van der Waals surface area contributed by atoms with Gasteiger partial charge in [0, 0.05) is 10.4 Å². The molecule has 0 unspecified atom stereocenters. The first kappa shape index (κ1) is 15.3. The number of amides is 1. The third-order valence-electron chi connectivity index (χ3n) is 2.60. The molecule has 5 nitrogen and oxygen atoms in total. The van der Waals surface area contributed by atoms with Crippen LogP contribution in [-0.4, -0.2) is 26.3 Å². The minimum atomic E-state index is -0.338. The molecule has 0 fully saturated rings. The lowest BCUT2D eigenvalue weighted by Gasteiger charge is -2.08. The van der Waals surface area contributed by atoms with Crippen LogP contribution in [0, 0.1) is 0 Å². The smallest absolute Gasteiger partial charge is 0.271 e. The Hall–Kier alpha value is -2.05. The summed E-state index contributed by atoms with van der Waals surface area (Å²) in [5.74, 6) is 0.708. The van der Waals surface area contributed by atoms with E-state index in [4.69, 9.17) is 21.1 Å². The Kier molecular flexibility index (Phi) is 5.19. The van der Waals surface area contributed by atoms with Crippen LogP contribution < -0.4 is 14.9 Å². The standard InChI is InChI=1S/C14H13ClN2O3S/c1-19-11-5-3-9(7-12(11)20-2)14(18)17-16-8-10-4-6-13(15)21-10/h3-8H,1-2H3,(H,17,18)/b16-8-. The highest BCUT2D eigenvalue weighted by molar-refractivity contribution is 7.17. The zero-order chi connectivity index (χ0) is 15.2. The molecule has 0 aliphatic rings. The summed E-state index contributed by atoms with van der Waals surface area (Å²) in [6, 6.07) is 8.47. The maximum Gasteiger partial charge on any atom is 0.271 e. The Labute approximate surface area is 131 Å². The second-order valence-corrected chi connectivity index (χ2v) is 5.66. The Balaban J connectivity index is 2.05. The lowest BCUT2D eigenvalue weighted by atomic mass is 10.2. The molecule has 110 valence electrons. The summed E-state index contributed by atoms with van der Waals surface area (Å²) in [6.45, 7) is 0. The summed E-state index contributed by atoms with van der Waals surface area (Å²) in [7, 11) is 3.05. The number of hydrazone groups is 1. The normalized spacial score (nSPS) is 10.6. The van der Waals surface area contributed by atoms with E-state index in [-0.39, 0.29) is 5.91 Å². The van der Waals surface area contributed by atoms with E-state index in [0.717, 1.165) is 4.88 Å². The van der Waals surface area contributed by atoms with Crippen LogP contribution >= 0.6 is 22.9 Å². The average molecular weight is 325 g/mol. The third kappa shape index (κ3) is 3.96. The number of nitrogens with zero attached hydrogens (tertiary/aromatic N) is 1. The summed E-state index contributed by atoms with van der Waals surface area (Å²) >= 11 is 7.18. The number of ether oxygens (including phenoxy) is 2. The van der Waals surface area contributed by atoms with Gasteiger partial charge in [-0.1, -0.05) is 11.6 Å². The van der Waals surface area contributed by atoms with Gasteiger partial charge in [-0.25, -0.2) is 5.43 Å². The van der Waals surface area contributed by atoms with Gasteiger partial charge in [0.1, 0.15) is 0 Å². The molecule has 1 amide bonds. The molecule has 1 heterocycles. The van der Waals surface area contributed by atoms with Gasteiger partial charge in [0.15, 0.2) is 11.5 Å². The largest absolute Gasteiger partial charge is 0.493 e. The van der Waals surface area contributed by atoms with Gasteiger partial charge in [-0.2, -0.15) is 5.10 Å². The second-order valence-electron chi connectivity index (χ2n) is 3.91. The minimum Gasteiger partial charge on any atom is -0.493 e. The summed E-state index contributed by atoms with van der Waals surface area (Å²) in [5, 5.41) is 3.88. The molecule has 21 heavy (non-hydrogen) atoms. The molecule has 0 atom stereocenters. The molecule has 0 bridgehead atoms. The van der Waals surface area contributed by atoms with Crippen LogP contribution in [0.25, 0.3) is 0 Å². The molecular formula is C14H13ClN2O3S. The lowest BCUT2D eigenvalue weighted by Crippen LogP contribution is -2.17. The van der Waals surface area contributed by atoms with E-state index >= 15 is 0 Å². The van der Waals surface area contributed by atoms with Crippen LogP contribution in [0.1, 0.15) is 15.2 Å². The number of benzene rings is 1. The van der Waals surface area contributed by atoms with E-state index in [1.807, 2.05) is 6.07 Å². The van der Waals surface area contributed by atoms with Gasteiger partial charge < -0.3 is 9.47 Å². The number of hydrogen-bond acceptors (Lipinski definition) is 5. The Bertz CT molecular complexity index is 670. The molecule has 2 aromatic rings. The van der Waals surface area contributed by atoms with Crippen molar-refractivity contribution in [1.29, 1.82) is 0 Å². The van der Waals surface area contributed by atoms with Crippen molar-refractivity contribution in [2.24, 2.45) is 5.10 Å². The summed E-state index contributed by atoms with van der Waals surface area (Å²) < 4.78 is 10.9. The van der Waals surface area contributed by atoms with E-state index in [2.05, 4.69) is 10.5 Å². The predicted molar refractivity (Wildman–Crippen MR) is 83.9 cm³/mol. The van der Waals surface area contributed by atoms with Crippen molar-refractivity contribution in [3.63, 3.8) is 0 Å². The molecule has 0 spiro atoms. The first-order chi connectivity index (χ1) is 10.1. The molecule has 1 aromatic carbocycles. The molecule has 1 aromatic heterocycles. The molecule has 0 saturated heterocycles. The van der Waals surface area contributed by atoms with Crippen LogP contribution in [0.5, 0.6) is 11.5 Å². The minimum absolute atomic E-state index is 0.338. The van der Waals surface area contributed by atoms with E-state index < -0.39 is 0 Å². The molecule has 2 rings (SSSR count). The van der Waals surface area contributed by atoms with Crippen molar-refractivity contribution in [2.45, 2.75) is 0 Å². The summed E-state index contributed by atoms with van der Waals surface area (Å²) in [4.78, 5) is 12.8. The number of methoxy groups -OCH3 is 2. The van der Waals surface area contributed by atoms with Gasteiger partial charge in [-0.15, -0.1) is 11.3 Å². The Morgan fingerprint density at radius 1 is 1.24 bits per heavy atom. The van der Waals surface area contributed by atoms with E-state index in [9.17, 15) is 4.79 Å². The predicted octanol–water partition coefficient (Wildman–Crippen LogP) is 3.18. The maximum atomic E-state index is 12.0. The molecule has 1 N–H and O–H groups in total. The zero-order valence-corrected chi connectivity index (χ0v) is 13.0. The van der Waals surface area contributed by atoms with Crippen LogP contribution in [0.3, 0.4) is 0 Å². The highest BCUT2D eigenvalue weighted by atomic mass is 35.5. The van der Waals surface area contributed by atoms with Gasteiger partial charge >= 0.3 is 0 Å². The zero-order valence-electron chi connectivity index (χ0n) is 11.4. The number of hydrogen-bond donors (Lipinski definition) is 1. The monoisotopic (exact) mass is 324 g/mol. The van der Waals surface area contributed by atoms with Crippen LogP contribution in [-0.2, 0) is 0 Å². The quantitative estimate of drug-likeness (QED) is 0.678. The first-order valence-electron chi connectivity index (χ1n) is 5.95. The lowest BCUT2D eigenvalue weighted by molar-refractivity contribution is 0.0954. The highest BCUT2D eigenvalue weighted by Gasteiger charge is 2.09. The molecule has 7 heteroatoms. The third-order valence-corrected chi connectivity index (χ3v) is 3.76. The molecular weight excluding hydrogens is 312 g/mol. The van der Waals surface area contributed by atoms with Gasteiger partial charge in [-0.05, 0) is 30.3 Å². The average Bonchev–Trinajstić information content (AvgIpc) is 2.91. The van der Waals surface area contributed by atoms with Crippen LogP contribution in [0.15, 0.2) is 35.4 Å². The van der Waals surface area contributed by atoms with E-state index in [0.29, 0.717) is 21.4 Å². The molecule has 0 aliphatic heterocycles. The van der Waals surface area contributed by atoms with Gasteiger partial charge in [0.25, 0.3) is 5.91 Å². The van der Waals surface area contributed by atoms with Crippen molar-refractivity contribution in [3.8, 4) is 11.5 Å². The number of carbonyl (C=O) groups excluding carboxylic acids is 1. The fourth-order valence-corrected chi connectivity index (χ4v) is 2.53. The van der Waals surface area contributed by atoms with Crippen LogP contribution in [0.4, 0.5) is 0 Å². The topological polar surface area (TPSA) is 59.9 Å². The van der Waals surface area contributed by atoms with E-state index in [1.165, 1.54) is 31.8 Å². The second kappa shape index (κ2) is 7.10. The van der Waals surface area contributed by atoms with Crippen LogP contribution in [0.2, 0.25) is 4.34 Å². The highest BCUT2D eigenvalue weighted by Crippen LogP contribution is 2.27. The number of rotatable bonds is 5. The van der Waals surface area contributed by atoms with Gasteiger partial charge in [0.2, 0.25) is 0 Å². The first-order valence-corrected chi connectivity index (χ1v) is 7.14. The maximum absolute atomic E-state index is 12.0. The number of halogens is 1. The fraction of sp³-hybridized carbons (Fsp3) is 0.143. The van der Waals surface area contributed by atoms with Crippen molar-refractivity contribution in [2.75, 3.05) is 14.2 Å². The number of nitrogens with one attached hydrogen (secondary N) is 1. The number of thiophene rings is 1. The van der Waals surface area contributed by atoms with Crippen molar-refractivity contribution in [1.82, 2.24) is 5.43 Å². The van der Waals surface area contributed by atoms with Crippen molar-refractivity contribution >= 4 is 35.1 Å². The Morgan fingerprint density at radius 2 is 2.00 bits per heavy atom. The molecule has 0 aliphatic carbocycles. The Morgan fingerprint density at radius 3 is 2.62 bits per heavy atom. The fourth-order valence-electron chi connectivity index (χ4n) is 1.59. The molecule has 0 saturated carbocycles. The summed E-state index contributed by atoms with van der Waals surface area (Å²) in [5.41, 5.74) is 2.87.